The van der Waals surface area contributed by atoms with E-state index in [0.29, 0.717) is 11.3 Å². The Morgan fingerprint density at radius 2 is 2.12 bits per heavy atom. The van der Waals surface area contributed by atoms with Gasteiger partial charge in [0, 0.05) is 11.6 Å². The molecule has 1 heterocycles. The molecule has 0 aliphatic heterocycles. The van der Waals surface area contributed by atoms with Crippen LogP contribution in [0.5, 0.6) is 5.75 Å². The lowest BCUT2D eigenvalue weighted by Gasteiger charge is -2.09. The van der Waals surface area contributed by atoms with E-state index in [9.17, 15) is 4.79 Å². The summed E-state index contributed by atoms with van der Waals surface area (Å²) in [7, 11) is 0. The van der Waals surface area contributed by atoms with Gasteiger partial charge in [0.25, 0.3) is 5.56 Å². The van der Waals surface area contributed by atoms with Gasteiger partial charge < -0.3 is 9.84 Å². The van der Waals surface area contributed by atoms with E-state index < -0.39 is 11.5 Å². The van der Waals surface area contributed by atoms with Crippen molar-refractivity contribution in [2.75, 3.05) is 0 Å². The third-order valence-electron chi connectivity index (χ3n) is 2.02. The number of halogens is 1. The molecule has 1 atom stereocenters. The zero-order chi connectivity index (χ0) is 11.5. The number of hydrogen-bond acceptors (Lipinski definition) is 3. The second-order valence-corrected chi connectivity index (χ2v) is 3.50. The Hall–Kier alpha value is -1.81. The number of hydrogen-bond donors (Lipinski definition) is 1. The third kappa shape index (κ3) is 2.06. The third-order valence-corrected chi connectivity index (χ3v) is 2.30. The summed E-state index contributed by atoms with van der Waals surface area (Å²) < 4.78 is 5.09. The van der Waals surface area contributed by atoms with Crippen LogP contribution in [0.1, 0.15) is 0 Å². The molecule has 0 fully saturated rings. The van der Waals surface area contributed by atoms with E-state index in [1.807, 2.05) is 12.1 Å². The zero-order valence-electron chi connectivity index (χ0n) is 8.13. The molecule has 0 radical (unpaired) electrons. The Labute approximate surface area is 96.4 Å². The standard InChI is InChI=1S/C11H8ClNO3/c12-10(11(14)15)16-8-5-1-3-7-4-2-6-13-9(7)8/h1-6,10H,(H,14,15). The Bertz CT molecular complexity index is 524. The summed E-state index contributed by atoms with van der Waals surface area (Å²) in [5.41, 5.74) is -0.815. The minimum atomic E-state index is -1.41. The number of nitrogens with zero attached hydrogens (tertiary/aromatic N) is 1. The van der Waals surface area contributed by atoms with E-state index >= 15 is 0 Å². The van der Waals surface area contributed by atoms with Crippen LogP contribution >= 0.6 is 11.6 Å². The monoisotopic (exact) mass is 237 g/mol. The first kappa shape index (κ1) is 10.7. The van der Waals surface area contributed by atoms with E-state index in [0.717, 1.165) is 5.39 Å². The van der Waals surface area contributed by atoms with Crippen LogP contribution in [-0.4, -0.2) is 21.6 Å². The van der Waals surface area contributed by atoms with Crippen molar-refractivity contribution in [1.29, 1.82) is 0 Å². The molecule has 16 heavy (non-hydrogen) atoms. The molecule has 1 aromatic carbocycles. The van der Waals surface area contributed by atoms with Gasteiger partial charge in [0.1, 0.15) is 11.3 Å². The fraction of sp³-hybridized carbons (Fsp3) is 0.0909. The highest BCUT2D eigenvalue weighted by molar-refractivity contribution is 6.28. The molecule has 82 valence electrons. The van der Waals surface area contributed by atoms with Gasteiger partial charge in [0.05, 0.1) is 0 Å². The van der Waals surface area contributed by atoms with Crippen LogP contribution < -0.4 is 4.74 Å². The van der Waals surface area contributed by atoms with Crippen molar-refractivity contribution in [3.8, 4) is 5.75 Å². The molecule has 0 aliphatic carbocycles. The van der Waals surface area contributed by atoms with Crippen molar-refractivity contribution in [3.63, 3.8) is 0 Å². The topological polar surface area (TPSA) is 59.4 Å². The van der Waals surface area contributed by atoms with Gasteiger partial charge in [-0.3, -0.25) is 4.98 Å². The molecular formula is C11H8ClNO3. The normalized spacial score (nSPS) is 12.3. The molecule has 4 nitrogen and oxygen atoms in total. The number of rotatable bonds is 3. The van der Waals surface area contributed by atoms with Gasteiger partial charge in [-0.25, -0.2) is 4.79 Å². The molecule has 1 N–H and O–H groups in total. The lowest BCUT2D eigenvalue weighted by molar-refractivity contribution is -0.141. The van der Waals surface area contributed by atoms with E-state index in [-0.39, 0.29) is 0 Å². The number of alkyl halides is 1. The summed E-state index contributed by atoms with van der Waals surface area (Å²) in [4.78, 5) is 14.7. The maximum Gasteiger partial charge on any atom is 0.360 e. The maximum absolute atomic E-state index is 10.6. The molecule has 1 unspecified atom stereocenters. The number of para-hydroxylation sites is 1. The molecule has 5 heteroatoms. The average molecular weight is 238 g/mol. The second-order valence-electron chi connectivity index (χ2n) is 3.10. The molecule has 0 aliphatic rings. The largest absolute Gasteiger partial charge is 0.478 e. The van der Waals surface area contributed by atoms with Crippen molar-refractivity contribution in [1.82, 2.24) is 4.98 Å². The van der Waals surface area contributed by atoms with Gasteiger partial charge in [0.15, 0.2) is 0 Å². The zero-order valence-corrected chi connectivity index (χ0v) is 8.89. The number of benzene rings is 1. The van der Waals surface area contributed by atoms with Gasteiger partial charge >= 0.3 is 5.97 Å². The molecule has 0 amide bonds. The van der Waals surface area contributed by atoms with Crippen LogP contribution in [0, 0.1) is 0 Å². The fourth-order valence-corrected chi connectivity index (χ4v) is 1.43. The predicted molar refractivity (Wildman–Crippen MR) is 59.6 cm³/mol. The lowest BCUT2D eigenvalue weighted by Crippen LogP contribution is -2.20. The van der Waals surface area contributed by atoms with E-state index in [1.165, 1.54) is 0 Å². The van der Waals surface area contributed by atoms with Crippen molar-refractivity contribution in [2.24, 2.45) is 0 Å². The van der Waals surface area contributed by atoms with Gasteiger partial charge in [-0.1, -0.05) is 29.8 Å². The lowest BCUT2D eigenvalue weighted by atomic mass is 10.2. The van der Waals surface area contributed by atoms with E-state index in [1.54, 1.807) is 24.4 Å². The van der Waals surface area contributed by atoms with Gasteiger partial charge in [-0.05, 0) is 12.1 Å². The van der Waals surface area contributed by atoms with Gasteiger partial charge in [-0.2, -0.15) is 0 Å². The highest BCUT2D eigenvalue weighted by Gasteiger charge is 2.16. The summed E-state index contributed by atoms with van der Waals surface area (Å²) >= 11 is 5.50. The molecule has 2 rings (SSSR count). The number of aliphatic carboxylic acids is 1. The SMILES string of the molecule is O=C(O)C(Cl)Oc1cccc2cccnc12. The Morgan fingerprint density at radius 3 is 2.88 bits per heavy atom. The molecule has 0 bridgehead atoms. The average Bonchev–Trinajstić information content (AvgIpc) is 2.29. The number of carboxylic acid groups (broad SMARTS) is 1. The number of fused-ring (bicyclic) bond motifs is 1. The van der Waals surface area contributed by atoms with Crippen LogP contribution in [0.3, 0.4) is 0 Å². The summed E-state index contributed by atoms with van der Waals surface area (Å²) in [6.07, 6.45) is 1.61. The fourth-order valence-electron chi connectivity index (χ4n) is 1.33. The smallest absolute Gasteiger partial charge is 0.360 e. The number of aromatic nitrogens is 1. The van der Waals surface area contributed by atoms with Gasteiger partial charge in [0.2, 0.25) is 0 Å². The highest BCUT2D eigenvalue weighted by atomic mass is 35.5. The molecule has 2 aromatic rings. The van der Waals surface area contributed by atoms with Crippen molar-refractivity contribution < 1.29 is 14.6 Å². The number of carbonyl (C=O) groups is 1. The number of pyridine rings is 1. The van der Waals surface area contributed by atoms with Crippen molar-refractivity contribution >= 4 is 28.5 Å². The summed E-state index contributed by atoms with van der Waals surface area (Å²) in [5, 5.41) is 9.51. The minimum Gasteiger partial charge on any atom is -0.478 e. The first-order valence-corrected chi connectivity index (χ1v) is 4.99. The van der Waals surface area contributed by atoms with Crippen LogP contribution in [0.25, 0.3) is 10.9 Å². The Balaban J connectivity index is 2.41. The quantitative estimate of drug-likeness (QED) is 0.832. The Kier molecular flexibility index (Phi) is 2.92. The first-order chi connectivity index (χ1) is 7.68. The minimum absolute atomic E-state index is 0.362. The van der Waals surface area contributed by atoms with Crippen LogP contribution in [0.2, 0.25) is 0 Å². The van der Waals surface area contributed by atoms with Gasteiger partial charge in [-0.15, -0.1) is 0 Å². The molecule has 0 saturated carbocycles. The van der Waals surface area contributed by atoms with Crippen molar-refractivity contribution in [2.45, 2.75) is 5.56 Å². The van der Waals surface area contributed by atoms with E-state index in [2.05, 4.69) is 4.98 Å². The Morgan fingerprint density at radius 1 is 1.38 bits per heavy atom. The molecule has 0 saturated heterocycles. The molecular weight excluding hydrogens is 230 g/mol. The number of ether oxygens (including phenoxy) is 1. The van der Waals surface area contributed by atoms with Crippen LogP contribution in [-0.2, 0) is 4.79 Å². The summed E-state index contributed by atoms with van der Waals surface area (Å²) in [6.45, 7) is 0. The molecule has 1 aromatic heterocycles. The molecule has 0 spiro atoms. The number of carboxylic acids is 1. The summed E-state index contributed by atoms with van der Waals surface area (Å²) in [6, 6.07) is 8.90. The highest BCUT2D eigenvalue weighted by Crippen LogP contribution is 2.24. The van der Waals surface area contributed by atoms with Crippen LogP contribution in [0.15, 0.2) is 36.5 Å². The first-order valence-electron chi connectivity index (χ1n) is 4.56. The predicted octanol–water partition coefficient (Wildman–Crippen LogP) is 2.26. The van der Waals surface area contributed by atoms with E-state index in [4.69, 9.17) is 21.4 Å². The maximum atomic E-state index is 10.6. The second kappa shape index (κ2) is 4.37. The summed E-state index contributed by atoms with van der Waals surface area (Å²) in [5.74, 6) is -0.866. The van der Waals surface area contributed by atoms with Crippen LogP contribution in [0.4, 0.5) is 0 Å². The van der Waals surface area contributed by atoms with Crippen molar-refractivity contribution in [3.05, 3.63) is 36.5 Å².